The Morgan fingerprint density at radius 2 is 1.98 bits per heavy atom. The summed E-state index contributed by atoms with van der Waals surface area (Å²) in [6.45, 7) is 4.00. The highest BCUT2D eigenvalue weighted by molar-refractivity contribution is 5.76. The summed E-state index contributed by atoms with van der Waals surface area (Å²) in [5.41, 5.74) is 2.22. The van der Waals surface area contributed by atoms with Gasteiger partial charge in [0.2, 0.25) is 11.9 Å². The minimum Gasteiger partial charge on any atom is -0.379 e. The number of rotatable bonds is 10. The molecule has 1 aromatic carbocycles. The highest BCUT2D eigenvalue weighted by atomic mass is 19.4. The molecule has 9 nitrogen and oxygen atoms in total. The zero-order valence-corrected chi connectivity index (χ0v) is 23.1. The number of carbonyl (C=O) groups excluding carboxylic acids is 1. The SMILES string of the molecule is CN(C)C1CCN(c2ccc(Nc3ncc(C(F)(F)F)c(NCCCN4CCOCCC4=O)n3)c(C3CC3)c2)C1. The van der Waals surface area contributed by atoms with Crippen LogP contribution in [0, 0.1) is 0 Å². The van der Waals surface area contributed by atoms with Crippen LogP contribution in [0.2, 0.25) is 0 Å². The van der Waals surface area contributed by atoms with Crippen molar-refractivity contribution in [3.05, 3.63) is 35.5 Å². The summed E-state index contributed by atoms with van der Waals surface area (Å²) in [5, 5.41) is 6.02. The Morgan fingerprint density at radius 3 is 2.70 bits per heavy atom. The first-order valence-electron chi connectivity index (χ1n) is 14.0. The Hall–Kier alpha value is -3.12. The smallest absolute Gasteiger partial charge is 0.379 e. The number of nitrogens with one attached hydrogen (secondary N) is 2. The molecule has 3 heterocycles. The van der Waals surface area contributed by atoms with Gasteiger partial charge in [0.25, 0.3) is 0 Å². The maximum Gasteiger partial charge on any atom is 0.421 e. The van der Waals surface area contributed by atoms with Gasteiger partial charge in [-0.3, -0.25) is 4.79 Å². The topological polar surface area (TPSA) is 85.9 Å². The number of alkyl halides is 3. The van der Waals surface area contributed by atoms with Crippen molar-refractivity contribution in [3.63, 3.8) is 0 Å². The zero-order chi connectivity index (χ0) is 28.3. The van der Waals surface area contributed by atoms with E-state index >= 15 is 0 Å². The second kappa shape index (κ2) is 12.2. The number of nitrogens with zero attached hydrogens (tertiary/aromatic N) is 5. The fourth-order valence-corrected chi connectivity index (χ4v) is 5.33. The molecule has 2 saturated heterocycles. The summed E-state index contributed by atoms with van der Waals surface area (Å²) < 4.78 is 46.5. The lowest BCUT2D eigenvalue weighted by molar-refractivity contribution is -0.137. The van der Waals surface area contributed by atoms with Crippen molar-refractivity contribution in [3.8, 4) is 0 Å². The van der Waals surface area contributed by atoms with Crippen LogP contribution in [-0.2, 0) is 15.7 Å². The van der Waals surface area contributed by atoms with Crippen molar-refractivity contribution in [1.29, 1.82) is 0 Å². The zero-order valence-electron chi connectivity index (χ0n) is 23.1. The van der Waals surface area contributed by atoms with Gasteiger partial charge < -0.3 is 30.1 Å². The minimum absolute atomic E-state index is 0.00161. The minimum atomic E-state index is -4.60. The van der Waals surface area contributed by atoms with Crippen LogP contribution in [0.25, 0.3) is 0 Å². The summed E-state index contributed by atoms with van der Waals surface area (Å²) in [5.74, 6) is 0.265. The molecule has 0 radical (unpaired) electrons. The summed E-state index contributed by atoms with van der Waals surface area (Å²) in [4.78, 5) is 26.7. The number of hydrogen-bond donors (Lipinski definition) is 2. The molecule has 2 aromatic rings. The van der Waals surface area contributed by atoms with Crippen LogP contribution in [0.15, 0.2) is 24.4 Å². The average molecular weight is 562 g/mol. The second-order valence-corrected chi connectivity index (χ2v) is 11.0. The van der Waals surface area contributed by atoms with Gasteiger partial charge in [-0.1, -0.05) is 0 Å². The number of amides is 1. The molecule has 1 amide bonds. The second-order valence-electron chi connectivity index (χ2n) is 11.0. The van der Waals surface area contributed by atoms with Crippen molar-refractivity contribution >= 4 is 29.0 Å². The number of likely N-dealkylation sites (N-methyl/N-ethyl adjacent to an activating group) is 1. The van der Waals surface area contributed by atoms with E-state index in [-0.39, 0.29) is 24.2 Å². The third kappa shape index (κ3) is 6.95. The fraction of sp³-hybridized carbons (Fsp3) is 0.607. The number of hydrogen-bond acceptors (Lipinski definition) is 8. The van der Waals surface area contributed by atoms with E-state index in [4.69, 9.17) is 4.74 Å². The Morgan fingerprint density at radius 1 is 1.15 bits per heavy atom. The monoisotopic (exact) mass is 561 g/mol. The Balaban J connectivity index is 1.28. The Bertz CT molecular complexity index is 1190. The number of ether oxygens (including phenoxy) is 1. The van der Waals surface area contributed by atoms with Crippen LogP contribution in [-0.4, -0.2) is 91.7 Å². The van der Waals surface area contributed by atoms with Gasteiger partial charge in [0, 0.05) is 56.3 Å². The number of carbonyl (C=O) groups is 1. The van der Waals surface area contributed by atoms with Gasteiger partial charge in [0.1, 0.15) is 11.4 Å². The lowest BCUT2D eigenvalue weighted by Gasteiger charge is -2.23. The molecule has 40 heavy (non-hydrogen) atoms. The molecular weight excluding hydrogens is 523 g/mol. The molecule has 1 aliphatic carbocycles. The quantitative estimate of drug-likeness (QED) is 0.416. The molecule has 2 N–H and O–H groups in total. The van der Waals surface area contributed by atoms with Crippen molar-refractivity contribution in [2.75, 3.05) is 75.6 Å². The summed E-state index contributed by atoms with van der Waals surface area (Å²) in [6.07, 6.45) is 0.322. The van der Waals surface area contributed by atoms with Crippen LogP contribution in [0.1, 0.15) is 49.1 Å². The molecule has 2 aliphatic heterocycles. The standard InChI is InChI=1S/C28H38F3N7O2/c1-36(2)21-8-12-38(18-21)20-6-7-24(22(16-20)19-4-5-19)34-27-33-17-23(28(29,30)31)26(35-27)32-10-3-11-37-13-15-40-14-9-25(37)39/h6-7,16-17,19,21H,3-5,8-15,18H2,1-2H3,(H2,32,33,34,35). The first-order valence-corrected chi connectivity index (χ1v) is 14.0. The molecule has 1 unspecified atom stereocenters. The van der Waals surface area contributed by atoms with Crippen LogP contribution >= 0.6 is 0 Å². The van der Waals surface area contributed by atoms with E-state index in [2.05, 4.69) is 56.6 Å². The number of halogens is 3. The highest BCUT2D eigenvalue weighted by Gasteiger charge is 2.35. The molecule has 0 spiro atoms. The maximum absolute atomic E-state index is 13.7. The van der Waals surface area contributed by atoms with Crippen molar-refractivity contribution in [1.82, 2.24) is 19.8 Å². The predicted octanol–water partition coefficient (Wildman–Crippen LogP) is 4.31. The fourth-order valence-electron chi connectivity index (χ4n) is 5.33. The van der Waals surface area contributed by atoms with Gasteiger partial charge >= 0.3 is 6.18 Å². The lowest BCUT2D eigenvalue weighted by Crippen LogP contribution is -2.33. The normalized spacial score (nSPS) is 20.2. The van der Waals surface area contributed by atoms with E-state index in [1.807, 2.05) is 6.07 Å². The molecule has 1 atom stereocenters. The van der Waals surface area contributed by atoms with Crippen LogP contribution in [0.5, 0.6) is 0 Å². The van der Waals surface area contributed by atoms with Gasteiger partial charge in [-0.05, 0) is 69.5 Å². The van der Waals surface area contributed by atoms with Crippen molar-refractivity contribution in [2.24, 2.45) is 0 Å². The summed E-state index contributed by atoms with van der Waals surface area (Å²) in [6, 6.07) is 6.77. The molecule has 1 saturated carbocycles. The molecule has 1 aromatic heterocycles. The molecule has 3 aliphatic rings. The largest absolute Gasteiger partial charge is 0.421 e. The molecule has 3 fully saturated rings. The van der Waals surface area contributed by atoms with E-state index in [0.717, 1.165) is 49.8 Å². The lowest BCUT2D eigenvalue weighted by atomic mass is 10.1. The van der Waals surface area contributed by atoms with Gasteiger partial charge in [0.05, 0.1) is 19.6 Å². The van der Waals surface area contributed by atoms with E-state index in [1.54, 1.807) is 4.90 Å². The first-order chi connectivity index (χ1) is 19.2. The summed E-state index contributed by atoms with van der Waals surface area (Å²) in [7, 11) is 4.21. The maximum atomic E-state index is 13.7. The highest BCUT2D eigenvalue weighted by Crippen LogP contribution is 2.45. The van der Waals surface area contributed by atoms with E-state index in [1.165, 1.54) is 5.69 Å². The molecule has 5 rings (SSSR count). The van der Waals surface area contributed by atoms with Gasteiger partial charge in [-0.2, -0.15) is 18.2 Å². The van der Waals surface area contributed by atoms with Crippen LogP contribution < -0.4 is 15.5 Å². The van der Waals surface area contributed by atoms with E-state index in [0.29, 0.717) is 51.1 Å². The molecule has 218 valence electrons. The molecular formula is C28H38F3N7O2. The van der Waals surface area contributed by atoms with Crippen molar-refractivity contribution in [2.45, 2.75) is 50.2 Å². The van der Waals surface area contributed by atoms with E-state index in [9.17, 15) is 18.0 Å². The third-order valence-electron chi connectivity index (χ3n) is 7.87. The van der Waals surface area contributed by atoms with Crippen LogP contribution in [0.4, 0.5) is 36.3 Å². The Kier molecular flexibility index (Phi) is 8.65. The number of benzene rings is 1. The van der Waals surface area contributed by atoms with Gasteiger partial charge in [0.15, 0.2) is 0 Å². The van der Waals surface area contributed by atoms with Crippen molar-refractivity contribution < 1.29 is 22.7 Å². The predicted molar refractivity (Wildman–Crippen MR) is 148 cm³/mol. The number of anilines is 4. The van der Waals surface area contributed by atoms with E-state index < -0.39 is 11.7 Å². The van der Waals surface area contributed by atoms with Crippen LogP contribution in [0.3, 0.4) is 0 Å². The molecule has 0 bridgehead atoms. The van der Waals surface area contributed by atoms with Gasteiger partial charge in [-0.15, -0.1) is 0 Å². The average Bonchev–Trinajstić information content (AvgIpc) is 3.67. The van der Waals surface area contributed by atoms with Gasteiger partial charge in [-0.25, -0.2) is 4.98 Å². The molecule has 12 heteroatoms. The number of aromatic nitrogens is 2. The Labute approximate surface area is 233 Å². The summed E-state index contributed by atoms with van der Waals surface area (Å²) >= 11 is 0. The first kappa shape index (κ1) is 28.4. The third-order valence-corrected chi connectivity index (χ3v) is 7.87.